The van der Waals surface area contributed by atoms with Gasteiger partial charge in [0.25, 0.3) is 6.43 Å². The van der Waals surface area contributed by atoms with Gasteiger partial charge in [0.15, 0.2) is 0 Å². The average molecular weight is 1050 g/mol. The summed E-state index contributed by atoms with van der Waals surface area (Å²) in [6.07, 6.45) is -4.11. The fourth-order valence-electron chi connectivity index (χ4n) is 10.5. The lowest BCUT2D eigenvalue weighted by molar-refractivity contribution is -0.147. The van der Waals surface area contributed by atoms with Crippen LogP contribution in [0, 0.1) is 17.3 Å². The molecule has 14 nitrogen and oxygen atoms in total. The number of ether oxygens (including phenoxy) is 2. The first-order valence-corrected chi connectivity index (χ1v) is 27.8. The number of rotatable bonds is 12. The number of esters is 1. The highest BCUT2D eigenvalue weighted by Gasteiger charge is 2.40. The molecule has 2 saturated heterocycles. The highest BCUT2D eigenvalue weighted by Crippen LogP contribution is 2.43. The molecule has 5 atom stereocenters. The Hall–Kier alpha value is -5.78. The van der Waals surface area contributed by atoms with Gasteiger partial charge < -0.3 is 28.8 Å². The van der Waals surface area contributed by atoms with E-state index in [-0.39, 0.29) is 73.0 Å². The fourth-order valence-corrected chi connectivity index (χ4v) is 13.6. The standard InChI is InChI=1S/C52H66F5N7O7Si2/c1-9-42(65)62-19-16-33(26-62)48(67)61(7)44(29(2)3)47(66)59-72-41-22-31-20-34(23-35(21-31)46(53)54)32-14-15-39-37(24-32)38(25-51(5,6)28-71-50(69)40-13-11-18-64(49(41)68)60-73-40)45(63(39)27-52(55,56)57)36-12-10-17-58-43(36)30(4)70-8/h9-10,12,14-15,17,20-21,23-24,29-30,33,40-41,44,46,60H,1,11,13,16,18-19,22,25-28,72-73H2,2-8H3,(H,59,66)/t30-,33-,40-,41?,44-/m0/s1. The Morgan fingerprint density at radius 2 is 1.84 bits per heavy atom. The third kappa shape index (κ3) is 12.6. The summed E-state index contributed by atoms with van der Waals surface area (Å²) in [5.74, 6) is -2.76. The molecule has 5 heterocycles. The van der Waals surface area contributed by atoms with Crippen LogP contribution in [0.4, 0.5) is 22.0 Å². The van der Waals surface area contributed by atoms with Crippen molar-refractivity contribution in [2.75, 3.05) is 40.4 Å². The minimum atomic E-state index is -4.67. The van der Waals surface area contributed by atoms with Crippen molar-refractivity contribution in [2.24, 2.45) is 17.3 Å². The number of likely N-dealkylation sites (tertiary alicyclic amines) is 1. The molecule has 0 saturated carbocycles. The zero-order chi connectivity index (χ0) is 53.1. The first-order valence-electron chi connectivity index (χ1n) is 24.8. The number of benzene rings is 2. The molecule has 1 unspecified atom stereocenters. The van der Waals surface area contributed by atoms with Crippen LogP contribution in [0.2, 0.25) is 11.1 Å². The first kappa shape index (κ1) is 55.0. The summed E-state index contributed by atoms with van der Waals surface area (Å²) in [6, 6.07) is 11.6. The second-order valence-corrected chi connectivity index (χ2v) is 24.2. The Balaban J connectivity index is 1.33. The summed E-state index contributed by atoms with van der Waals surface area (Å²) in [7, 11) is -0.520. The zero-order valence-electron chi connectivity index (χ0n) is 42.5. The Morgan fingerprint density at radius 1 is 1.08 bits per heavy atom. The number of halogens is 5. The molecule has 3 aliphatic rings. The maximum atomic E-state index is 15.0. The van der Waals surface area contributed by atoms with Crippen LogP contribution in [0.1, 0.15) is 88.8 Å². The monoisotopic (exact) mass is 1050 g/mol. The van der Waals surface area contributed by atoms with E-state index in [9.17, 15) is 37.1 Å². The van der Waals surface area contributed by atoms with Gasteiger partial charge in [-0.2, -0.15) is 13.2 Å². The number of carbonyl (C=O) groups is 5. The van der Waals surface area contributed by atoms with Crippen molar-refractivity contribution in [2.45, 2.75) is 109 Å². The zero-order valence-corrected chi connectivity index (χ0v) is 45.3. The summed E-state index contributed by atoms with van der Waals surface area (Å²) in [5, 5.41) is 5.19. The minimum absolute atomic E-state index is 0.0598. The van der Waals surface area contributed by atoms with Crippen LogP contribution >= 0.6 is 0 Å². The Kier molecular flexibility index (Phi) is 17.2. The van der Waals surface area contributed by atoms with Crippen LogP contribution in [0.3, 0.4) is 0 Å². The molecular weight excluding hydrogens is 986 g/mol. The molecular formula is C52H66F5N7O7Si2. The van der Waals surface area contributed by atoms with Crippen molar-refractivity contribution in [3.8, 4) is 22.4 Å². The molecule has 394 valence electrons. The summed E-state index contributed by atoms with van der Waals surface area (Å²) in [5.41, 5.74) is 0.357. The number of likely N-dealkylation sites (N-methyl/N-ethyl adjacent to an activating group) is 1. The van der Waals surface area contributed by atoms with E-state index >= 15 is 8.78 Å². The first-order chi connectivity index (χ1) is 34.5. The number of cyclic esters (lactones) is 1. The molecule has 4 amide bonds. The minimum Gasteiger partial charge on any atom is -0.465 e. The van der Waals surface area contributed by atoms with Gasteiger partial charge in [0.1, 0.15) is 31.9 Å². The largest absolute Gasteiger partial charge is 0.465 e. The van der Waals surface area contributed by atoms with Gasteiger partial charge >= 0.3 is 12.1 Å². The van der Waals surface area contributed by atoms with Crippen LogP contribution in [0.5, 0.6) is 0 Å². The van der Waals surface area contributed by atoms with E-state index in [1.807, 2.05) is 13.8 Å². The molecule has 2 fully saturated rings. The summed E-state index contributed by atoms with van der Waals surface area (Å²) in [4.78, 5) is 79.7. The van der Waals surface area contributed by atoms with Gasteiger partial charge in [-0.1, -0.05) is 52.5 Å². The van der Waals surface area contributed by atoms with E-state index < -0.39 is 84.9 Å². The number of hydrazine groups is 1. The topological polar surface area (TPSA) is 155 Å². The molecule has 6 bridgehead atoms. The second-order valence-electron chi connectivity index (χ2n) is 20.7. The van der Waals surface area contributed by atoms with Gasteiger partial charge in [-0.05, 0) is 104 Å². The number of hydrogen-bond donors (Lipinski definition) is 2. The second kappa shape index (κ2) is 22.8. The van der Waals surface area contributed by atoms with Crippen LogP contribution in [0.25, 0.3) is 33.3 Å². The predicted molar refractivity (Wildman–Crippen MR) is 272 cm³/mol. The smallest absolute Gasteiger partial charge is 0.406 e. The van der Waals surface area contributed by atoms with Gasteiger partial charge in [0.2, 0.25) is 23.6 Å². The van der Waals surface area contributed by atoms with Crippen LogP contribution < -0.4 is 10.1 Å². The number of nitrogens with zero attached hydrogens (tertiary/aromatic N) is 5. The number of carbonyl (C=O) groups excluding carboxylic acids is 5. The molecule has 2 N–H and O–H groups in total. The Labute approximate surface area is 427 Å². The number of nitrogens with one attached hydrogen (secondary N) is 2. The number of pyridine rings is 1. The van der Waals surface area contributed by atoms with Crippen molar-refractivity contribution in [3.63, 3.8) is 0 Å². The van der Waals surface area contributed by atoms with Crippen LogP contribution in [-0.2, 0) is 52.8 Å². The number of methoxy groups -OCH3 is 1. The molecule has 73 heavy (non-hydrogen) atoms. The van der Waals surface area contributed by atoms with E-state index in [1.165, 1.54) is 44.7 Å². The van der Waals surface area contributed by atoms with Crippen molar-refractivity contribution < 1.29 is 55.4 Å². The van der Waals surface area contributed by atoms with E-state index in [0.29, 0.717) is 64.7 Å². The lowest BCUT2D eigenvalue weighted by atomic mass is 9.84. The number of hydrogen-bond acceptors (Lipinski definition) is 9. The molecule has 0 spiro atoms. The molecule has 7 rings (SSSR count). The average Bonchev–Trinajstić information content (AvgIpc) is 3.85. The summed E-state index contributed by atoms with van der Waals surface area (Å²) in [6.45, 7) is 12.0. The Morgan fingerprint density at radius 3 is 2.52 bits per heavy atom. The molecule has 3 aliphatic heterocycles. The molecule has 0 radical (unpaired) electrons. The normalized spacial score (nSPS) is 21.1. The van der Waals surface area contributed by atoms with Gasteiger partial charge in [-0.15, -0.1) is 0 Å². The number of alkyl halides is 5. The summed E-state index contributed by atoms with van der Waals surface area (Å²) >= 11 is 0. The van der Waals surface area contributed by atoms with Gasteiger partial charge in [0, 0.05) is 67.4 Å². The van der Waals surface area contributed by atoms with E-state index in [2.05, 4.69) is 21.6 Å². The third-order valence-electron chi connectivity index (χ3n) is 14.3. The third-order valence-corrected chi connectivity index (χ3v) is 17.8. The van der Waals surface area contributed by atoms with Crippen molar-refractivity contribution in [1.29, 1.82) is 0 Å². The SMILES string of the molecule is C=CC(=O)N1CC[C@H](C(=O)N(C)[C@H](C(=O)N[SiH2]C2Cc3cc(cc(C(F)F)c3)-c3ccc4c(c3)c(c(-c3cccnc3[C@H](C)OC)n4CC(F)(F)F)CC(C)(C)COC(=O)[C@@H]3CCCN(N[SiH2]3)C2=O)C(C)C)C1. The van der Waals surface area contributed by atoms with Gasteiger partial charge in [-0.25, -0.2) is 8.78 Å². The number of fused-ring (bicyclic) bond motifs is 7. The number of aromatic nitrogens is 2. The predicted octanol–water partition coefficient (Wildman–Crippen LogP) is 6.75. The Bertz CT molecular complexity index is 2730. The lowest BCUT2D eigenvalue weighted by Gasteiger charge is -2.33. The molecule has 4 aromatic rings. The molecule has 0 aliphatic carbocycles. The van der Waals surface area contributed by atoms with Crippen LogP contribution in [-0.4, -0.2) is 126 Å². The summed E-state index contributed by atoms with van der Waals surface area (Å²) < 4.78 is 87.3. The molecule has 2 aromatic carbocycles. The quantitative estimate of drug-likeness (QED) is 0.0679. The molecule has 21 heteroatoms. The fraction of sp³-hybridized carbons (Fsp3) is 0.500. The maximum absolute atomic E-state index is 15.0. The van der Waals surface area contributed by atoms with Gasteiger partial charge in [-0.3, -0.25) is 39.1 Å². The highest BCUT2D eigenvalue weighted by atomic mass is 28.2. The van der Waals surface area contributed by atoms with E-state index in [1.54, 1.807) is 70.4 Å². The van der Waals surface area contributed by atoms with Gasteiger partial charge in [0.05, 0.1) is 41.1 Å². The lowest BCUT2D eigenvalue weighted by Crippen LogP contribution is -2.54. The van der Waals surface area contributed by atoms with Crippen molar-refractivity contribution >= 4 is 59.9 Å². The molecule has 2 aromatic heterocycles. The maximum Gasteiger partial charge on any atom is 0.406 e. The van der Waals surface area contributed by atoms with Crippen LogP contribution in [0.15, 0.2) is 67.4 Å². The highest BCUT2D eigenvalue weighted by molar-refractivity contribution is 6.46. The van der Waals surface area contributed by atoms with E-state index in [0.717, 1.165) is 0 Å². The van der Waals surface area contributed by atoms with E-state index in [4.69, 9.17) is 9.47 Å². The number of amides is 4. The van der Waals surface area contributed by atoms with Crippen molar-refractivity contribution in [1.82, 2.24) is 34.4 Å². The van der Waals surface area contributed by atoms with Crippen molar-refractivity contribution in [3.05, 3.63) is 89.8 Å².